The van der Waals surface area contributed by atoms with E-state index in [-0.39, 0.29) is 0 Å². The SMILES string of the molecule is CN(C)c1cc[n+]([O-])c(N2CCOCC2)c1. The number of rotatable bonds is 2. The minimum Gasteiger partial charge on any atom is -0.711 e. The number of hydrogen-bond acceptors (Lipinski definition) is 4. The lowest BCUT2D eigenvalue weighted by Crippen LogP contribution is -2.44. The Morgan fingerprint density at radius 2 is 2.06 bits per heavy atom. The molecule has 0 radical (unpaired) electrons. The van der Waals surface area contributed by atoms with Crippen LogP contribution in [0.1, 0.15) is 0 Å². The van der Waals surface area contributed by atoms with Gasteiger partial charge in [-0.05, 0) is 0 Å². The Morgan fingerprint density at radius 1 is 1.38 bits per heavy atom. The fraction of sp³-hybridized carbons (Fsp3) is 0.545. The number of ether oxygens (including phenoxy) is 1. The van der Waals surface area contributed by atoms with Crippen molar-refractivity contribution in [3.63, 3.8) is 0 Å². The number of aromatic nitrogens is 1. The van der Waals surface area contributed by atoms with Crippen LogP contribution in [0, 0.1) is 5.21 Å². The molecule has 0 spiro atoms. The minimum absolute atomic E-state index is 0.687. The zero-order valence-corrected chi connectivity index (χ0v) is 9.72. The molecule has 0 saturated carbocycles. The van der Waals surface area contributed by atoms with Gasteiger partial charge in [0.1, 0.15) is 13.1 Å². The van der Waals surface area contributed by atoms with Crippen molar-refractivity contribution >= 4 is 11.5 Å². The molecule has 0 bridgehead atoms. The van der Waals surface area contributed by atoms with Gasteiger partial charge >= 0.3 is 0 Å². The van der Waals surface area contributed by atoms with E-state index in [0.29, 0.717) is 19.0 Å². The molecule has 0 aromatic carbocycles. The second-order valence-electron chi connectivity index (χ2n) is 4.06. The van der Waals surface area contributed by atoms with Crippen molar-refractivity contribution in [1.29, 1.82) is 0 Å². The first-order chi connectivity index (χ1) is 7.68. The Kier molecular flexibility index (Phi) is 3.14. The highest BCUT2D eigenvalue weighted by atomic mass is 16.5. The maximum Gasteiger partial charge on any atom is 0.281 e. The first-order valence-electron chi connectivity index (χ1n) is 5.42. The second-order valence-corrected chi connectivity index (χ2v) is 4.06. The standard InChI is InChI=1S/C11H17N3O2/c1-12(2)10-3-4-14(15)11(9-10)13-5-7-16-8-6-13/h3-4,9H,5-8H2,1-2H3. The van der Waals surface area contributed by atoms with Crippen LogP contribution in [0.25, 0.3) is 0 Å². The maximum atomic E-state index is 11.7. The molecule has 0 aliphatic carbocycles. The number of nitrogens with zero attached hydrogens (tertiary/aromatic N) is 3. The molecular weight excluding hydrogens is 206 g/mol. The molecule has 1 aliphatic heterocycles. The van der Waals surface area contributed by atoms with Gasteiger partial charge in [0, 0.05) is 25.8 Å². The van der Waals surface area contributed by atoms with Crippen LogP contribution in [0.5, 0.6) is 0 Å². The number of pyridine rings is 1. The Balaban J connectivity index is 2.27. The summed E-state index contributed by atoms with van der Waals surface area (Å²) in [6, 6.07) is 3.73. The summed E-state index contributed by atoms with van der Waals surface area (Å²) in [5.74, 6) is 0.703. The minimum atomic E-state index is 0.687. The lowest BCUT2D eigenvalue weighted by molar-refractivity contribution is -0.592. The topological polar surface area (TPSA) is 42.7 Å². The predicted octanol–water partition coefficient (Wildman–Crippen LogP) is 0.223. The number of morpholine rings is 1. The molecule has 16 heavy (non-hydrogen) atoms. The Labute approximate surface area is 95.4 Å². The van der Waals surface area contributed by atoms with Crippen LogP contribution < -0.4 is 14.5 Å². The third kappa shape index (κ3) is 2.19. The van der Waals surface area contributed by atoms with Gasteiger partial charge in [-0.1, -0.05) is 0 Å². The summed E-state index contributed by atoms with van der Waals surface area (Å²) in [6.45, 7) is 2.93. The molecule has 1 fully saturated rings. The van der Waals surface area contributed by atoms with Gasteiger partial charge < -0.3 is 14.8 Å². The van der Waals surface area contributed by atoms with E-state index < -0.39 is 0 Å². The van der Waals surface area contributed by atoms with Crippen molar-refractivity contribution in [1.82, 2.24) is 0 Å². The molecule has 1 aliphatic rings. The molecule has 2 rings (SSSR count). The zero-order chi connectivity index (χ0) is 11.5. The smallest absolute Gasteiger partial charge is 0.281 e. The highest BCUT2D eigenvalue weighted by Crippen LogP contribution is 2.17. The zero-order valence-electron chi connectivity index (χ0n) is 9.72. The molecule has 0 N–H and O–H groups in total. The van der Waals surface area contributed by atoms with E-state index in [1.807, 2.05) is 31.1 Å². The van der Waals surface area contributed by atoms with Gasteiger partial charge in [0.25, 0.3) is 5.82 Å². The third-order valence-corrected chi connectivity index (χ3v) is 2.73. The van der Waals surface area contributed by atoms with Gasteiger partial charge in [-0.2, -0.15) is 0 Å². The summed E-state index contributed by atoms with van der Waals surface area (Å²) in [5.41, 5.74) is 1.04. The van der Waals surface area contributed by atoms with E-state index in [4.69, 9.17) is 4.74 Å². The van der Waals surface area contributed by atoms with Gasteiger partial charge in [-0.25, -0.2) is 4.73 Å². The molecule has 88 valence electrons. The largest absolute Gasteiger partial charge is 0.711 e. The summed E-state index contributed by atoms with van der Waals surface area (Å²) in [4.78, 5) is 4.05. The molecule has 5 nitrogen and oxygen atoms in total. The van der Waals surface area contributed by atoms with Gasteiger partial charge in [0.2, 0.25) is 0 Å². The molecule has 2 heterocycles. The summed E-state index contributed by atoms with van der Waals surface area (Å²) >= 11 is 0. The van der Waals surface area contributed by atoms with E-state index in [1.54, 1.807) is 6.20 Å². The van der Waals surface area contributed by atoms with E-state index in [0.717, 1.165) is 23.5 Å². The third-order valence-electron chi connectivity index (χ3n) is 2.73. The molecular formula is C11H17N3O2. The molecule has 0 amide bonds. The summed E-state index contributed by atoms with van der Waals surface area (Å²) in [7, 11) is 3.93. The van der Waals surface area contributed by atoms with E-state index in [9.17, 15) is 5.21 Å². The van der Waals surface area contributed by atoms with Crippen LogP contribution in [0.2, 0.25) is 0 Å². The van der Waals surface area contributed by atoms with Crippen LogP contribution in [0.4, 0.5) is 11.5 Å². The quantitative estimate of drug-likeness (QED) is 0.531. The monoisotopic (exact) mass is 223 g/mol. The average Bonchev–Trinajstić information content (AvgIpc) is 2.30. The number of anilines is 2. The predicted molar refractivity (Wildman–Crippen MR) is 62.8 cm³/mol. The fourth-order valence-electron chi connectivity index (χ4n) is 1.77. The highest BCUT2D eigenvalue weighted by molar-refractivity contribution is 5.51. The van der Waals surface area contributed by atoms with Crippen LogP contribution in [-0.4, -0.2) is 40.4 Å². The summed E-state index contributed by atoms with van der Waals surface area (Å²) in [6.07, 6.45) is 1.56. The molecule has 1 aromatic heterocycles. The summed E-state index contributed by atoms with van der Waals surface area (Å²) in [5, 5.41) is 11.7. The van der Waals surface area contributed by atoms with Crippen molar-refractivity contribution in [3.8, 4) is 0 Å². The Hall–Kier alpha value is -1.49. The van der Waals surface area contributed by atoms with Crippen molar-refractivity contribution in [2.24, 2.45) is 0 Å². The average molecular weight is 223 g/mol. The first kappa shape index (κ1) is 11.0. The maximum absolute atomic E-state index is 11.7. The van der Waals surface area contributed by atoms with Gasteiger partial charge in [0.15, 0.2) is 0 Å². The van der Waals surface area contributed by atoms with E-state index in [1.165, 1.54) is 0 Å². The van der Waals surface area contributed by atoms with Crippen LogP contribution in [0.3, 0.4) is 0 Å². The lowest BCUT2D eigenvalue weighted by atomic mass is 10.3. The molecule has 1 saturated heterocycles. The van der Waals surface area contributed by atoms with Gasteiger partial charge in [-0.3, -0.25) is 4.90 Å². The Morgan fingerprint density at radius 3 is 2.69 bits per heavy atom. The molecule has 0 unspecified atom stereocenters. The molecule has 0 atom stereocenters. The van der Waals surface area contributed by atoms with Gasteiger partial charge in [0.05, 0.1) is 25.5 Å². The van der Waals surface area contributed by atoms with Gasteiger partial charge in [-0.15, -0.1) is 0 Å². The van der Waals surface area contributed by atoms with Crippen LogP contribution >= 0.6 is 0 Å². The van der Waals surface area contributed by atoms with Crippen LogP contribution in [-0.2, 0) is 4.74 Å². The highest BCUT2D eigenvalue weighted by Gasteiger charge is 2.20. The lowest BCUT2D eigenvalue weighted by Gasteiger charge is -2.25. The van der Waals surface area contributed by atoms with E-state index >= 15 is 0 Å². The van der Waals surface area contributed by atoms with Crippen molar-refractivity contribution < 1.29 is 9.47 Å². The van der Waals surface area contributed by atoms with Crippen LogP contribution in [0.15, 0.2) is 18.3 Å². The number of hydrogen-bond donors (Lipinski definition) is 0. The molecule has 1 aromatic rings. The Bertz CT molecular complexity index is 362. The fourth-order valence-corrected chi connectivity index (χ4v) is 1.77. The van der Waals surface area contributed by atoms with Crippen molar-refractivity contribution in [2.45, 2.75) is 0 Å². The summed E-state index contributed by atoms with van der Waals surface area (Å²) < 4.78 is 6.19. The van der Waals surface area contributed by atoms with Crippen molar-refractivity contribution in [3.05, 3.63) is 23.5 Å². The molecule has 5 heteroatoms. The first-order valence-corrected chi connectivity index (χ1v) is 5.42. The normalized spacial score (nSPS) is 16.2. The second kappa shape index (κ2) is 4.57. The van der Waals surface area contributed by atoms with E-state index in [2.05, 4.69) is 4.90 Å². The van der Waals surface area contributed by atoms with Crippen molar-refractivity contribution in [2.75, 3.05) is 50.2 Å².